The highest BCUT2D eigenvalue weighted by atomic mass is 32.2. The number of rotatable bonds is 3. The zero-order valence-corrected chi connectivity index (χ0v) is 16.4. The number of carbonyl (C=O) groups excluding carboxylic acids is 1. The van der Waals surface area contributed by atoms with E-state index >= 15 is 0 Å². The number of hydrogen-bond donors (Lipinski definition) is 0. The van der Waals surface area contributed by atoms with Crippen molar-refractivity contribution in [1.82, 2.24) is 4.90 Å². The van der Waals surface area contributed by atoms with E-state index in [0.717, 1.165) is 27.6 Å². The van der Waals surface area contributed by atoms with Crippen LogP contribution in [0.1, 0.15) is 11.1 Å². The quantitative estimate of drug-likeness (QED) is 0.454. The first-order chi connectivity index (χ1) is 13.7. The van der Waals surface area contributed by atoms with Gasteiger partial charge in [-0.15, -0.1) is 0 Å². The zero-order valence-electron chi connectivity index (χ0n) is 14.8. The highest BCUT2D eigenvalue weighted by molar-refractivity contribution is 8.26. The average molecular weight is 406 g/mol. The van der Waals surface area contributed by atoms with Crippen molar-refractivity contribution in [3.63, 3.8) is 0 Å². The summed E-state index contributed by atoms with van der Waals surface area (Å²) >= 11 is 6.82. The largest absolute Gasteiger partial charge is 0.454 e. The lowest BCUT2D eigenvalue weighted by atomic mass is 10.0. The highest BCUT2D eigenvalue weighted by Crippen LogP contribution is 2.37. The molecular formula is C22H15NO3S2. The van der Waals surface area contributed by atoms with Gasteiger partial charge in [-0.25, -0.2) is 0 Å². The van der Waals surface area contributed by atoms with Crippen LogP contribution < -0.4 is 9.47 Å². The maximum atomic E-state index is 13.0. The van der Waals surface area contributed by atoms with Gasteiger partial charge in [0.25, 0.3) is 5.91 Å². The van der Waals surface area contributed by atoms with Crippen LogP contribution in [0, 0.1) is 0 Å². The van der Waals surface area contributed by atoms with Gasteiger partial charge in [0, 0.05) is 0 Å². The smallest absolute Gasteiger partial charge is 0.266 e. The van der Waals surface area contributed by atoms with E-state index < -0.39 is 0 Å². The molecule has 0 aliphatic carbocycles. The Labute approximate surface area is 171 Å². The fraction of sp³-hybridized carbons (Fsp3) is 0.0909. The van der Waals surface area contributed by atoms with E-state index in [2.05, 4.69) is 18.2 Å². The maximum absolute atomic E-state index is 13.0. The Bertz CT molecular complexity index is 1150. The number of fused-ring (bicyclic) bond motifs is 2. The molecule has 4 nitrogen and oxygen atoms in total. The Morgan fingerprint density at radius 3 is 2.79 bits per heavy atom. The summed E-state index contributed by atoms with van der Waals surface area (Å²) in [5.41, 5.74) is 1.97. The van der Waals surface area contributed by atoms with Crippen LogP contribution in [0.5, 0.6) is 11.5 Å². The van der Waals surface area contributed by atoms with Crippen LogP contribution in [0.15, 0.2) is 65.6 Å². The van der Waals surface area contributed by atoms with Gasteiger partial charge in [-0.1, -0.05) is 72.5 Å². The summed E-state index contributed by atoms with van der Waals surface area (Å²) in [7, 11) is 0. The molecule has 2 aliphatic rings. The Morgan fingerprint density at radius 2 is 1.86 bits per heavy atom. The van der Waals surface area contributed by atoms with Crippen molar-refractivity contribution in [2.75, 3.05) is 6.79 Å². The Balaban J connectivity index is 1.43. The van der Waals surface area contributed by atoms with E-state index in [-0.39, 0.29) is 12.7 Å². The Hall–Kier alpha value is -2.83. The van der Waals surface area contributed by atoms with Crippen LogP contribution in [-0.2, 0) is 11.3 Å². The van der Waals surface area contributed by atoms with Gasteiger partial charge in [-0.2, -0.15) is 0 Å². The van der Waals surface area contributed by atoms with Gasteiger partial charge in [0.15, 0.2) is 11.5 Å². The highest BCUT2D eigenvalue weighted by Gasteiger charge is 2.32. The molecule has 1 fully saturated rings. The van der Waals surface area contributed by atoms with Crippen LogP contribution >= 0.6 is 24.0 Å². The minimum Gasteiger partial charge on any atom is -0.454 e. The third-order valence-corrected chi connectivity index (χ3v) is 6.14. The fourth-order valence-corrected chi connectivity index (χ4v) is 4.62. The van der Waals surface area contributed by atoms with Crippen molar-refractivity contribution in [3.8, 4) is 11.5 Å². The van der Waals surface area contributed by atoms with Gasteiger partial charge in [-0.3, -0.25) is 9.69 Å². The molecule has 6 heteroatoms. The molecule has 0 atom stereocenters. The third-order valence-electron chi connectivity index (χ3n) is 4.76. The second-order valence-corrected chi connectivity index (χ2v) is 8.20. The molecule has 0 radical (unpaired) electrons. The fourth-order valence-electron chi connectivity index (χ4n) is 3.38. The van der Waals surface area contributed by atoms with E-state index in [1.165, 1.54) is 11.8 Å². The normalized spacial score (nSPS) is 17.1. The summed E-state index contributed by atoms with van der Waals surface area (Å²) < 4.78 is 11.3. The molecule has 2 aliphatic heterocycles. The first kappa shape index (κ1) is 17.3. The van der Waals surface area contributed by atoms with E-state index in [4.69, 9.17) is 21.7 Å². The SMILES string of the molecule is O=C1/C(=C\c2cccc3ccccc23)SC(=S)N1Cc1ccc2c(c1)OCO2. The van der Waals surface area contributed by atoms with Crippen LogP contribution in [-0.4, -0.2) is 21.9 Å². The molecule has 0 aromatic heterocycles. The monoisotopic (exact) mass is 405 g/mol. The third kappa shape index (κ3) is 3.04. The van der Waals surface area contributed by atoms with E-state index in [1.54, 1.807) is 4.90 Å². The average Bonchev–Trinajstić information content (AvgIpc) is 3.28. The van der Waals surface area contributed by atoms with E-state index in [1.807, 2.05) is 48.5 Å². The standard InChI is InChI=1S/C22H15NO3S2/c24-21-20(11-16-6-3-5-15-4-1-2-7-17(15)16)28-22(27)23(21)12-14-8-9-18-19(10-14)26-13-25-18/h1-11H,12-13H2/b20-11+. The van der Waals surface area contributed by atoms with Gasteiger partial charge in [0.2, 0.25) is 6.79 Å². The van der Waals surface area contributed by atoms with Crippen LogP contribution in [0.25, 0.3) is 16.8 Å². The maximum Gasteiger partial charge on any atom is 0.266 e. The molecule has 0 bridgehead atoms. The van der Waals surface area contributed by atoms with Gasteiger partial charge < -0.3 is 9.47 Å². The molecule has 138 valence electrons. The summed E-state index contributed by atoms with van der Waals surface area (Å²) in [6.07, 6.45) is 1.93. The predicted molar refractivity (Wildman–Crippen MR) is 115 cm³/mol. The predicted octanol–water partition coefficient (Wildman–Crippen LogP) is 4.97. The molecule has 2 heterocycles. The molecule has 0 N–H and O–H groups in total. The van der Waals surface area contributed by atoms with E-state index in [9.17, 15) is 4.79 Å². The minimum atomic E-state index is -0.0689. The summed E-state index contributed by atoms with van der Waals surface area (Å²) in [4.78, 5) is 15.3. The van der Waals surface area contributed by atoms with Crippen molar-refractivity contribution >= 4 is 51.1 Å². The molecule has 0 saturated carbocycles. The molecule has 28 heavy (non-hydrogen) atoms. The van der Waals surface area contributed by atoms with Crippen molar-refractivity contribution in [3.05, 3.63) is 76.7 Å². The van der Waals surface area contributed by atoms with Crippen molar-refractivity contribution in [2.45, 2.75) is 6.54 Å². The number of hydrogen-bond acceptors (Lipinski definition) is 5. The van der Waals surface area contributed by atoms with Crippen molar-refractivity contribution < 1.29 is 14.3 Å². The lowest BCUT2D eigenvalue weighted by Gasteiger charge is -2.14. The first-order valence-corrected chi connectivity index (χ1v) is 10.0. The number of ether oxygens (including phenoxy) is 2. The molecule has 0 spiro atoms. The van der Waals surface area contributed by atoms with Gasteiger partial charge in [0.05, 0.1) is 11.4 Å². The van der Waals surface area contributed by atoms with Gasteiger partial charge >= 0.3 is 0 Å². The summed E-state index contributed by atoms with van der Waals surface area (Å²) in [5, 5.41) is 2.26. The number of nitrogens with zero attached hydrogens (tertiary/aromatic N) is 1. The topological polar surface area (TPSA) is 38.8 Å². The zero-order chi connectivity index (χ0) is 19.1. The Kier molecular flexibility index (Phi) is 4.30. The second kappa shape index (κ2) is 6.96. The lowest BCUT2D eigenvalue weighted by molar-refractivity contribution is -0.122. The van der Waals surface area contributed by atoms with Crippen molar-refractivity contribution in [1.29, 1.82) is 0 Å². The second-order valence-electron chi connectivity index (χ2n) is 6.52. The Morgan fingerprint density at radius 1 is 1.04 bits per heavy atom. The molecular weight excluding hydrogens is 390 g/mol. The van der Waals surface area contributed by atoms with Crippen molar-refractivity contribution in [2.24, 2.45) is 0 Å². The van der Waals surface area contributed by atoms with E-state index in [0.29, 0.717) is 21.5 Å². The van der Waals surface area contributed by atoms with Crippen LogP contribution in [0.2, 0.25) is 0 Å². The van der Waals surface area contributed by atoms with Gasteiger partial charge in [-0.05, 0) is 40.1 Å². The summed E-state index contributed by atoms with van der Waals surface area (Å²) in [6, 6.07) is 19.9. The first-order valence-electron chi connectivity index (χ1n) is 8.81. The summed E-state index contributed by atoms with van der Waals surface area (Å²) in [5.74, 6) is 1.36. The lowest BCUT2D eigenvalue weighted by Crippen LogP contribution is -2.27. The van der Waals surface area contributed by atoms with Crippen LogP contribution in [0.3, 0.4) is 0 Å². The molecule has 5 rings (SSSR count). The number of benzene rings is 3. The number of amides is 1. The molecule has 1 saturated heterocycles. The van der Waals surface area contributed by atoms with Crippen LogP contribution in [0.4, 0.5) is 0 Å². The molecule has 0 unspecified atom stereocenters. The van der Waals surface area contributed by atoms with Gasteiger partial charge in [0.1, 0.15) is 4.32 Å². The number of thiocarbonyl (C=S) groups is 1. The minimum absolute atomic E-state index is 0.0689. The molecule has 1 amide bonds. The molecule has 3 aromatic rings. The molecule has 3 aromatic carbocycles. The number of thioether (sulfide) groups is 1. The summed E-state index contributed by atoms with van der Waals surface area (Å²) in [6.45, 7) is 0.641. The number of carbonyl (C=O) groups is 1.